The van der Waals surface area contributed by atoms with Crippen molar-refractivity contribution in [3.05, 3.63) is 58.8 Å². The van der Waals surface area contributed by atoms with Gasteiger partial charge in [0.05, 0.1) is 13.4 Å². The molecule has 1 saturated carbocycles. The summed E-state index contributed by atoms with van der Waals surface area (Å²) in [5.74, 6) is 0.647. The lowest BCUT2D eigenvalue weighted by molar-refractivity contribution is -0.117. The second-order valence-electron chi connectivity index (χ2n) is 7.52. The van der Waals surface area contributed by atoms with E-state index in [0.29, 0.717) is 11.8 Å². The van der Waals surface area contributed by atoms with Crippen LogP contribution in [0.4, 0.5) is 0 Å². The molecule has 5 heteroatoms. The van der Waals surface area contributed by atoms with Crippen LogP contribution in [0.3, 0.4) is 0 Å². The van der Waals surface area contributed by atoms with Gasteiger partial charge in [-0.05, 0) is 49.1 Å². The molecule has 29 heavy (non-hydrogen) atoms. The molecule has 1 aliphatic carbocycles. The van der Waals surface area contributed by atoms with Crippen LogP contribution in [-0.4, -0.2) is 19.1 Å². The van der Waals surface area contributed by atoms with E-state index in [9.17, 15) is 4.79 Å². The molecule has 1 amide bonds. The van der Waals surface area contributed by atoms with Gasteiger partial charge in [-0.3, -0.25) is 4.79 Å². The highest BCUT2D eigenvalue weighted by atomic mass is 79.9. The van der Waals surface area contributed by atoms with E-state index in [0.717, 1.165) is 50.5 Å². The number of allylic oxidation sites excluding steroid dienone is 1. The molecular weight excluding hydrogens is 430 g/mol. The Morgan fingerprint density at radius 2 is 1.93 bits per heavy atom. The quantitative estimate of drug-likeness (QED) is 0.458. The average Bonchev–Trinajstić information content (AvgIpc) is 3.36. The van der Waals surface area contributed by atoms with E-state index in [-0.39, 0.29) is 5.91 Å². The second-order valence-corrected chi connectivity index (χ2v) is 8.44. The minimum Gasteiger partial charge on any atom is -0.496 e. The summed E-state index contributed by atoms with van der Waals surface area (Å²) in [6.45, 7) is 1.94. The third kappa shape index (κ3) is 4.25. The number of rotatable bonds is 5. The van der Waals surface area contributed by atoms with Gasteiger partial charge >= 0.3 is 0 Å². The molecule has 2 aromatic carbocycles. The fourth-order valence-electron chi connectivity index (χ4n) is 3.97. The van der Waals surface area contributed by atoms with Crippen LogP contribution in [-0.2, 0) is 4.79 Å². The van der Waals surface area contributed by atoms with Crippen LogP contribution in [0.1, 0.15) is 38.2 Å². The lowest BCUT2D eigenvalue weighted by atomic mass is 9.99. The molecule has 1 aromatic heterocycles. The summed E-state index contributed by atoms with van der Waals surface area (Å²) < 4.78 is 12.4. The van der Waals surface area contributed by atoms with Gasteiger partial charge < -0.3 is 14.5 Å². The smallest absolute Gasteiger partial charge is 0.244 e. The maximum absolute atomic E-state index is 12.5. The van der Waals surface area contributed by atoms with E-state index in [1.807, 2.05) is 31.2 Å². The van der Waals surface area contributed by atoms with Crippen molar-refractivity contribution in [3.8, 4) is 16.9 Å². The molecule has 0 spiro atoms. The minimum absolute atomic E-state index is 0.0446. The van der Waals surface area contributed by atoms with Gasteiger partial charge in [0.15, 0.2) is 0 Å². The number of amides is 1. The number of carbonyl (C=O) groups is 1. The highest BCUT2D eigenvalue weighted by Crippen LogP contribution is 2.37. The Hall–Kier alpha value is -2.53. The summed E-state index contributed by atoms with van der Waals surface area (Å²) >= 11 is 3.48. The first-order chi connectivity index (χ1) is 14.0. The summed E-state index contributed by atoms with van der Waals surface area (Å²) in [5.41, 5.74) is 4.60. The van der Waals surface area contributed by atoms with Crippen LogP contribution in [0.5, 0.6) is 5.75 Å². The van der Waals surface area contributed by atoms with Crippen molar-refractivity contribution in [2.24, 2.45) is 0 Å². The Bertz CT molecular complexity index is 1060. The summed E-state index contributed by atoms with van der Waals surface area (Å²) in [7, 11) is 1.63. The van der Waals surface area contributed by atoms with Gasteiger partial charge in [0, 0.05) is 39.2 Å². The topological polar surface area (TPSA) is 51.5 Å². The Labute approximate surface area is 179 Å². The zero-order valence-corrected chi connectivity index (χ0v) is 18.2. The van der Waals surface area contributed by atoms with Gasteiger partial charge in [-0.2, -0.15) is 0 Å². The van der Waals surface area contributed by atoms with Crippen LogP contribution < -0.4 is 10.1 Å². The maximum Gasteiger partial charge on any atom is 0.244 e. The SMILES string of the molecule is COc1cc2occ(-c3ccc(Br)cc3)c2cc1/C(C)=C/C(=O)NC1CCCC1. The van der Waals surface area contributed by atoms with Crippen LogP contribution in [0.15, 0.2) is 57.6 Å². The predicted octanol–water partition coefficient (Wildman–Crippen LogP) is 6.33. The molecule has 1 fully saturated rings. The van der Waals surface area contributed by atoms with Gasteiger partial charge in [-0.15, -0.1) is 0 Å². The van der Waals surface area contributed by atoms with Crippen molar-refractivity contribution in [3.63, 3.8) is 0 Å². The lowest BCUT2D eigenvalue weighted by Crippen LogP contribution is -2.31. The van der Waals surface area contributed by atoms with Crippen molar-refractivity contribution >= 4 is 38.4 Å². The minimum atomic E-state index is -0.0446. The molecule has 0 unspecified atom stereocenters. The molecular formula is C24H24BrNO3. The monoisotopic (exact) mass is 453 g/mol. The van der Waals surface area contributed by atoms with E-state index >= 15 is 0 Å². The van der Waals surface area contributed by atoms with Crippen molar-refractivity contribution in [2.45, 2.75) is 38.6 Å². The molecule has 3 aromatic rings. The molecule has 0 saturated heterocycles. The van der Waals surface area contributed by atoms with Crippen molar-refractivity contribution < 1.29 is 13.9 Å². The number of ether oxygens (including phenoxy) is 1. The lowest BCUT2D eigenvalue weighted by Gasteiger charge is -2.12. The van der Waals surface area contributed by atoms with Gasteiger partial charge in [0.1, 0.15) is 11.3 Å². The number of hydrogen-bond acceptors (Lipinski definition) is 3. The van der Waals surface area contributed by atoms with Gasteiger partial charge in [0.2, 0.25) is 5.91 Å². The van der Waals surface area contributed by atoms with Crippen LogP contribution in [0.2, 0.25) is 0 Å². The number of benzene rings is 2. The van der Waals surface area contributed by atoms with Gasteiger partial charge in [-0.25, -0.2) is 0 Å². The largest absolute Gasteiger partial charge is 0.496 e. The first-order valence-electron chi connectivity index (χ1n) is 9.89. The van der Waals surface area contributed by atoms with Crippen LogP contribution in [0.25, 0.3) is 27.7 Å². The Morgan fingerprint density at radius 3 is 2.62 bits per heavy atom. The summed E-state index contributed by atoms with van der Waals surface area (Å²) in [6.07, 6.45) is 7.96. The molecule has 0 bridgehead atoms. The second kappa shape index (κ2) is 8.46. The van der Waals surface area contributed by atoms with E-state index < -0.39 is 0 Å². The highest BCUT2D eigenvalue weighted by Gasteiger charge is 2.18. The molecule has 1 N–H and O–H groups in total. The van der Waals surface area contributed by atoms with Gasteiger partial charge in [-0.1, -0.05) is 40.9 Å². The summed E-state index contributed by atoms with van der Waals surface area (Å²) in [4.78, 5) is 12.5. The molecule has 0 atom stereocenters. The first-order valence-corrected chi connectivity index (χ1v) is 10.7. The molecule has 1 heterocycles. The summed E-state index contributed by atoms with van der Waals surface area (Å²) in [5, 5.41) is 4.11. The van der Waals surface area contributed by atoms with E-state index in [1.54, 1.807) is 19.4 Å². The first kappa shape index (κ1) is 19.8. The normalized spacial score (nSPS) is 15.1. The molecule has 0 radical (unpaired) electrons. The zero-order chi connectivity index (χ0) is 20.4. The van der Waals surface area contributed by atoms with Crippen LogP contribution >= 0.6 is 15.9 Å². The number of hydrogen-bond donors (Lipinski definition) is 1. The standard InChI is InChI=1S/C24H24BrNO3/c1-15(11-24(27)26-18-5-3-4-6-18)19-12-20-21(16-7-9-17(25)10-8-16)14-29-23(20)13-22(19)28-2/h7-14,18H,3-6H2,1-2H3,(H,26,27)/b15-11+. The number of furan rings is 1. The number of methoxy groups -OCH3 is 1. The molecule has 4 nitrogen and oxygen atoms in total. The molecule has 0 aliphatic heterocycles. The molecule has 1 aliphatic rings. The Kier molecular flexibility index (Phi) is 5.76. The van der Waals surface area contributed by atoms with E-state index in [2.05, 4.69) is 33.4 Å². The zero-order valence-electron chi connectivity index (χ0n) is 16.6. The number of fused-ring (bicyclic) bond motifs is 1. The third-order valence-corrected chi connectivity index (χ3v) is 6.05. The van der Waals surface area contributed by atoms with Gasteiger partial charge in [0.25, 0.3) is 0 Å². The van der Waals surface area contributed by atoms with Crippen molar-refractivity contribution in [2.75, 3.05) is 7.11 Å². The highest BCUT2D eigenvalue weighted by molar-refractivity contribution is 9.10. The molecule has 150 valence electrons. The third-order valence-electron chi connectivity index (χ3n) is 5.52. The summed E-state index contributed by atoms with van der Waals surface area (Å²) in [6, 6.07) is 12.4. The number of halogens is 1. The Morgan fingerprint density at radius 1 is 1.21 bits per heavy atom. The fraction of sp³-hybridized carbons (Fsp3) is 0.292. The number of nitrogens with one attached hydrogen (secondary N) is 1. The average molecular weight is 454 g/mol. The van der Waals surface area contributed by atoms with E-state index in [1.165, 1.54) is 12.8 Å². The van der Waals surface area contributed by atoms with Crippen molar-refractivity contribution in [1.29, 1.82) is 0 Å². The predicted molar refractivity (Wildman–Crippen MR) is 120 cm³/mol. The molecule has 4 rings (SSSR count). The van der Waals surface area contributed by atoms with E-state index in [4.69, 9.17) is 9.15 Å². The Balaban J connectivity index is 1.70. The van der Waals surface area contributed by atoms with Crippen LogP contribution in [0, 0.1) is 0 Å². The van der Waals surface area contributed by atoms with Crippen molar-refractivity contribution in [1.82, 2.24) is 5.32 Å². The fourth-order valence-corrected chi connectivity index (χ4v) is 4.24. The number of carbonyl (C=O) groups excluding carboxylic acids is 1. The maximum atomic E-state index is 12.5.